The Labute approximate surface area is 179 Å². The number of anilines is 2. The van der Waals surface area contributed by atoms with Crippen LogP contribution < -0.4 is 20.3 Å². The van der Waals surface area contributed by atoms with Gasteiger partial charge in [0.25, 0.3) is 5.91 Å². The fraction of sp³-hybridized carbons (Fsp3) is 0.273. The molecule has 1 aliphatic rings. The molecule has 1 aromatic carbocycles. The molecule has 2 N–H and O–H groups in total. The zero-order valence-electron chi connectivity index (χ0n) is 17.3. The van der Waals surface area contributed by atoms with Crippen LogP contribution in [-0.2, 0) is 11.4 Å². The van der Waals surface area contributed by atoms with Gasteiger partial charge in [-0.25, -0.2) is 4.98 Å². The molecule has 1 fully saturated rings. The molecule has 160 valence electrons. The molecule has 3 aromatic rings. The molecule has 31 heavy (non-hydrogen) atoms. The Morgan fingerprint density at radius 3 is 2.81 bits per heavy atom. The minimum absolute atomic E-state index is 0.0291. The number of hydrogen-bond acceptors (Lipinski definition) is 7. The number of rotatable bonds is 6. The first kappa shape index (κ1) is 20.4. The third-order valence-corrected chi connectivity index (χ3v) is 5.05. The van der Waals surface area contributed by atoms with E-state index in [0.717, 1.165) is 11.3 Å². The summed E-state index contributed by atoms with van der Waals surface area (Å²) in [6, 6.07) is 10.6. The predicted octanol–water partition coefficient (Wildman–Crippen LogP) is 2.45. The van der Waals surface area contributed by atoms with Gasteiger partial charge in [0.05, 0.1) is 35.2 Å². The largest absolute Gasteiger partial charge is 0.488 e. The Balaban J connectivity index is 1.43. The van der Waals surface area contributed by atoms with Gasteiger partial charge in [0.15, 0.2) is 0 Å². The van der Waals surface area contributed by atoms with Crippen molar-refractivity contribution in [3.63, 3.8) is 0 Å². The van der Waals surface area contributed by atoms with Gasteiger partial charge >= 0.3 is 0 Å². The molecule has 9 nitrogen and oxygen atoms in total. The maximum Gasteiger partial charge on any atom is 0.259 e. The number of hydrogen-bond donors (Lipinski definition) is 2. The summed E-state index contributed by atoms with van der Waals surface area (Å²) < 4.78 is 11.0. The van der Waals surface area contributed by atoms with Gasteiger partial charge in [-0.1, -0.05) is 17.3 Å². The molecule has 0 bridgehead atoms. The number of carbonyl (C=O) groups excluding carboxylic acids is 2. The van der Waals surface area contributed by atoms with Crippen LogP contribution in [0.1, 0.15) is 27.4 Å². The van der Waals surface area contributed by atoms with Crippen LogP contribution in [0.25, 0.3) is 0 Å². The molecule has 2 aromatic heterocycles. The number of benzene rings is 1. The molecular weight excluding hydrogens is 398 g/mol. The Hall–Kier alpha value is -3.88. The van der Waals surface area contributed by atoms with E-state index in [1.165, 1.54) is 0 Å². The van der Waals surface area contributed by atoms with E-state index in [4.69, 9.17) is 9.26 Å². The lowest BCUT2D eigenvalue weighted by molar-refractivity contribution is -0.120. The number of pyridine rings is 1. The molecule has 0 saturated carbocycles. The van der Waals surface area contributed by atoms with Crippen molar-refractivity contribution in [3.05, 3.63) is 65.2 Å². The third kappa shape index (κ3) is 4.66. The van der Waals surface area contributed by atoms with E-state index in [9.17, 15) is 9.59 Å². The number of amides is 2. The van der Waals surface area contributed by atoms with Crippen LogP contribution in [0.2, 0.25) is 0 Å². The Kier molecular flexibility index (Phi) is 5.83. The lowest BCUT2D eigenvalue weighted by Gasteiger charge is -2.27. The van der Waals surface area contributed by atoms with Crippen LogP contribution in [0.5, 0.6) is 5.75 Å². The molecule has 9 heteroatoms. The lowest BCUT2D eigenvalue weighted by Crippen LogP contribution is -2.48. The highest BCUT2D eigenvalue weighted by molar-refractivity contribution is 6.06. The van der Waals surface area contributed by atoms with Crippen molar-refractivity contribution >= 4 is 23.3 Å². The smallest absolute Gasteiger partial charge is 0.259 e. The topological polar surface area (TPSA) is 110 Å². The molecule has 0 aliphatic carbocycles. The molecule has 1 aliphatic heterocycles. The van der Waals surface area contributed by atoms with Gasteiger partial charge < -0.3 is 24.8 Å². The average molecular weight is 421 g/mol. The monoisotopic (exact) mass is 421 g/mol. The molecule has 2 amide bonds. The van der Waals surface area contributed by atoms with E-state index in [-0.39, 0.29) is 25.0 Å². The molecule has 0 atom stereocenters. The van der Waals surface area contributed by atoms with Gasteiger partial charge in [0.1, 0.15) is 23.9 Å². The molecule has 4 rings (SSSR count). The molecule has 0 spiro atoms. The van der Waals surface area contributed by atoms with Gasteiger partial charge in [0.2, 0.25) is 5.91 Å². The summed E-state index contributed by atoms with van der Waals surface area (Å²) >= 11 is 0. The number of nitrogens with one attached hydrogen (secondary N) is 2. The summed E-state index contributed by atoms with van der Waals surface area (Å²) in [6.45, 7) is 5.48. The number of carbonyl (C=O) groups is 2. The number of piperazine rings is 1. The van der Waals surface area contributed by atoms with Crippen molar-refractivity contribution in [2.45, 2.75) is 20.5 Å². The number of aryl methyl sites for hydroxylation is 2. The minimum Gasteiger partial charge on any atom is -0.488 e. The lowest BCUT2D eigenvalue weighted by atomic mass is 10.1. The highest BCUT2D eigenvalue weighted by Crippen LogP contribution is 2.23. The van der Waals surface area contributed by atoms with Gasteiger partial charge in [0, 0.05) is 13.1 Å². The van der Waals surface area contributed by atoms with Crippen LogP contribution in [0, 0.1) is 13.8 Å². The number of nitrogens with zero attached hydrogens (tertiary/aromatic N) is 3. The second kappa shape index (κ2) is 8.86. The first-order chi connectivity index (χ1) is 15.0. The Morgan fingerprint density at radius 1 is 1.26 bits per heavy atom. The number of ether oxygens (including phenoxy) is 1. The summed E-state index contributed by atoms with van der Waals surface area (Å²) in [5.74, 6) is 1.51. The van der Waals surface area contributed by atoms with Crippen LogP contribution in [0.3, 0.4) is 0 Å². The van der Waals surface area contributed by atoms with Crippen molar-refractivity contribution in [2.24, 2.45) is 0 Å². The molecular formula is C22H23N5O4. The molecule has 0 radical (unpaired) electrons. The van der Waals surface area contributed by atoms with Gasteiger partial charge in [-0.05, 0) is 38.1 Å². The normalized spacial score (nSPS) is 13.6. The Morgan fingerprint density at radius 2 is 2.10 bits per heavy atom. The fourth-order valence-electron chi connectivity index (χ4n) is 3.32. The number of para-hydroxylation sites is 1. The average Bonchev–Trinajstić information content (AvgIpc) is 3.10. The highest BCUT2D eigenvalue weighted by Gasteiger charge is 2.18. The summed E-state index contributed by atoms with van der Waals surface area (Å²) in [5.41, 5.74) is 2.58. The quantitative estimate of drug-likeness (QED) is 0.629. The van der Waals surface area contributed by atoms with Gasteiger partial charge in [-0.2, -0.15) is 0 Å². The van der Waals surface area contributed by atoms with Crippen molar-refractivity contribution in [1.82, 2.24) is 15.5 Å². The standard InChI is InChI=1S/C22H23N5O4/c1-14-18(15(2)31-26-14)13-30-19-6-4-3-5-17(19)22(29)25-16-7-8-20(24-11-16)27-10-9-23-21(28)12-27/h3-8,11H,9-10,12-13H2,1-2H3,(H,23,28)(H,25,29). The van der Waals surface area contributed by atoms with Gasteiger partial charge in [-0.15, -0.1) is 0 Å². The zero-order valence-corrected chi connectivity index (χ0v) is 17.3. The highest BCUT2D eigenvalue weighted by atomic mass is 16.5. The van der Waals surface area contributed by atoms with Gasteiger partial charge in [-0.3, -0.25) is 9.59 Å². The minimum atomic E-state index is -0.304. The fourth-order valence-corrected chi connectivity index (χ4v) is 3.32. The number of aromatic nitrogens is 2. The van der Waals surface area contributed by atoms with E-state index in [0.29, 0.717) is 41.7 Å². The maximum atomic E-state index is 12.8. The molecule has 3 heterocycles. The second-order valence-corrected chi connectivity index (χ2v) is 7.22. The van der Waals surface area contributed by atoms with Crippen LogP contribution in [-0.4, -0.2) is 41.6 Å². The summed E-state index contributed by atoms with van der Waals surface area (Å²) in [7, 11) is 0. The van der Waals surface area contributed by atoms with Crippen LogP contribution >= 0.6 is 0 Å². The van der Waals surface area contributed by atoms with Crippen LogP contribution in [0.4, 0.5) is 11.5 Å². The van der Waals surface area contributed by atoms with Crippen molar-refractivity contribution in [1.29, 1.82) is 0 Å². The molecule has 0 unspecified atom stereocenters. The first-order valence-electron chi connectivity index (χ1n) is 9.94. The predicted molar refractivity (Wildman–Crippen MR) is 114 cm³/mol. The summed E-state index contributed by atoms with van der Waals surface area (Å²) in [4.78, 5) is 30.7. The van der Waals surface area contributed by atoms with Crippen molar-refractivity contribution in [2.75, 3.05) is 29.9 Å². The summed E-state index contributed by atoms with van der Waals surface area (Å²) in [6.07, 6.45) is 1.58. The van der Waals surface area contributed by atoms with Crippen LogP contribution in [0.15, 0.2) is 47.1 Å². The van der Waals surface area contributed by atoms with E-state index in [2.05, 4.69) is 20.8 Å². The molecule has 1 saturated heterocycles. The SMILES string of the molecule is Cc1noc(C)c1COc1ccccc1C(=O)Nc1ccc(N2CCNC(=O)C2)nc1. The third-order valence-electron chi connectivity index (χ3n) is 5.05. The second-order valence-electron chi connectivity index (χ2n) is 7.22. The summed E-state index contributed by atoms with van der Waals surface area (Å²) in [5, 5.41) is 9.55. The van der Waals surface area contributed by atoms with Crippen molar-refractivity contribution in [3.8, 4) is 5.75 Å². The van der Waals surface area contributed by atoms with E-state index in [1.54, 1.807) is 36.5 Å². The van der Waals surface area contributed by atoms with E-state index < -0.39 is 0 Å². The Bertz CT molecular complexity index is 1070. The van der Waals surface area contributed by atoms with E-state index in [1.807, 2.05) is 24.8 Å². The van der Waals surface area contributed by atoms with E-state index >= 15 is 0 Å². The zero-order chi connectivity index (χ0) is 21.8. The van der Waals surface area contributed by atoms with Crippen molar-refractivity contribution < 1.29 is 18.8 Å². The maximum absolute atomic E-state index is 12.8. The first-order valence-corrected chi connectivity index (χ1v) is 9.94.